The molecule has 0 bridgehead atoms. The Morgan fingerprint density at radius 3 is 2.32 bits per heavy atom. The van der Waals surface area contributed by atoms with Crippen LogP contribution in [0.4, 0.5) is 4.79 Å². The number of benzene rings is 1. The Bertz CT molecular complexity index is 1440. The van der Waals surface area contributed by atoms with E-state index in [0.29, 0.717) is 55.7 Å². The van der Waals surface area contributed by atoms with Gasteiger partial charge in [-0.25, -0.2) is 9.78 Å². The van der Waals surface area contributed by atoms with E-state index < -0.39 is 47.7 Å². The van der Waals surface area contributed by atoms with Gasteiger partial charge in [0.1, 0.15) is 11.6 Å². The van der Waals surface area contributed by atoms with Gasteiger partial charge < -0.3 is 25.5 Å². The number of likely N-dealkylation sites (tertiary alicyclic amines) is 1. The number of aliphatic hydroxyl groups excluding tert-OH is 1. The molecule has 1 aliphatic carbocycles. The zero-order valence-corrected chi connectivity index (χ0v) is 32.9. The number of aromatic amines is 1. The van der Waals surface area contributed by atoms with Gasteiger partial charge in [0.15, 0.2) is 5.78 Å². The summed E-state index contributed by atoms with van der Waals surface area (Å²) >= 11 is 0. The van der Waals surface area contributed by atoms with Gasteiger partial charge in [0.05, 0.1) is 24.5 Å². The van der Waals surface area contributed by atoms with Crippen molar-refractivity contribution in [3.05, 3.63) is 54.1 Å². The van der Waals surface area contributed by atoms with Gasteiger partial charge in [-0.1, -0.05) is 89.6 Å². The highest BCUT2D eigenvalue weighted by molar-refractivity contribution is 5.94. The van der Waals surface area contributed by atoms with Crippen molar-refractivity contribution in [1.82, 2.24) is 25.5 Å². The minimum atomic E-state index is -0.978. The number of nitrogens with one attached hydrogen (secondary N) is 3. The lowest BCUT2D eigenvalue weighted by atomic mass is 9.80. The van der Waals surface area contributed by atoms with Crippen LogP contribution in [0.2, 0.25) is 0 Å². The topological polar surface area (TPSA) is 154 Å². The number of hydrogen-bond donors (Lipinski definition) is 4. The second kappa shape index (κ2) is 20.1. The van der Waals surface area contributed by atoms with Crippen LogP contribution in [0, 0.1) is 23.7 Å². The van der Waals surface area contributed by atoms with Crippen molar-refractivity contribution in [1.29, 1.82) is 0 Å². The van der Waals surface area contributed by atoms with Gasteiger partial charge >= 0.3 is 6.09 Å². The van der Waals surface area contributed by atoms with Gasteiger partial charge in [-0.3, -0.25) is 19.3 Å². The fourth-order valence-electron chi connectivity index (χ4n) is 8.05. The molecule has 2 fully saturated rings. The van der Waals surface area contributed by atoms with E-state index in [0.717, 1.165) is 37.7 Å². The standard InChI is InChI=1S/C42H65N5O6/c1-7-31(28(2)3)23-37(48)34(22-30-17-12-9-13-18-30)45-40(51)35(25-33-26-43-27-44-33)46-39(50)32(21-29-15-10-8-11-16-29)24-38(49)36-19-14-20-47(36)41(52)53-42(4,5)6/h8,10-11,15-16,26-28,30-32,34-37,48H,7,9,12-14,17-25H2,1-6H3,(H,43,44)(H,45,51)(H,46,50)/t31-,32-,34-,35-,36-,37-/m0/s1. The summed E-state index contributed by atoms with van der Waals surface area (Å²) in [4.78, 5) is 64.2. The maximum Gasteiger partial charge on any atom is 0.410 e. The van der Waals surface area contributed by atoms with Crippen LogP contribution < -0.4 is 10.6 Å². The van der Waals surface area contributed by atoms with Crippen LogP contribution in [0.3, 0.4) is 0 Å². The van der Waals surface area contributed by atoms with Crippen molar-refractivity contribution < 1.29 is 29.0 Å². The molecule has 11 nitrogen and oxygen atoms in total. The van der Waals surface area contributed by atoms with Gasteiger partial charge in [-0.2, -0.15) is 0 Å². The zero-order valence-electron chi connectivity index (χ0n) is 32.9. The Labute approximate surface area is 316 Å². The number of imidazole rings is 1. The smallest absolute Gasteiger partial charge is 0.410 e. The van der Waals surface area contributed by atoms with Crippen molar-refractivity contribution in [3.63, 3.8) is 0 Å². The molecule has 53 heavy (non-hydrogen) atoms. The summed E-state index contributed by atoms with van der Waals surface area (Å²) in [6.45, 7) is 12.3. The number of amides is 3. The zero-order chi connectivity index (χ0) is 38.5. The summed E-state index contributed by atoms with van der Waals surface area (Å²) in [5, 5.41) is 17.9. The molecule has 2 heterocycles. The van der Waals surface area contributed by atoms with Crippen molar-refractivity contribution in [3.8, 4) is 0 Å². The van der Waals surface area contributed by atoms with Crippen LogP contribution in [0.1, 0.15) is 123 Å². The van der Waals surface area contributed by atoms with Crippen LogP contribution in [0.25, 0.3) is 0 Å². The highest BCUT2D eigenvalue weighted by atomic mass is 16.6. The molecule has 1 aliphatic heterocycles. The van der Waals surface area contributed by atoms with Crippen LogP contribution >= 0.6 is 0 Å². The van der Waals surface area contributed by atoms with Crippen molar-refractivity contribution in [2.75, 3.05) is 6.54 Å². The van der Waals surface area contributed by atoms with Crippen LogP contribution in [0.15, 0.2) is 42.9 Å². The number of nitrogens with zero attached hydrogens (tertiary/aromatic N) is 2. The average Bonchev–Trinajstić information content (AvgIpc) is 3.83. The van der Waals surface area contributed by atoms with Gasteiger partial charge in [-0.05, 0) is 76.2 Å². The fourth-order valence-corrected chi connectivity index (χ4v) is 8.05. The van der Waals surface area contributed by atoms with Crippen molar-refractivity contribution in [2.24, 2.45) is 23.7 Å². The summed E-state index contributed by atoms with van der Waals surface area (Å²) < 4.78 is 5.60. The van der Waals surface area contributed by atoms with E-state index in [2.05, 4.69) is 41.4 Å². The molecule has 1 aromatic carbocycles. The van der Waals surface area contributed by atoms with Crippen molar-refractivity contribution in [2.45, 2.75) is 155 Å². The Morgan fingerprint density at radius 1 is 0.981 bits per heavy atom. The first-order valence-electron chi connectivity index (χ1n) is 20.1. The molecule has 4 N–H and O–H groups in total. The number of ether oxygens (including phenoxy) is 1. The largest absolute Gasteiger partial charge is 0.444 e. The number of aromatic nitrogens is 2. The Kier molecular flexibility index (Phi) is 15.9. The third kappa shape index (κ3) is 13.3. The number of carbonyl (C=O) groups excluding carboxylic acids is 4. The Morgan fingerprint density at radius 2 is 1.70 bits per heavy atom. The quantitative estimate of drug-likeness (QED) is 0.136. The molecule has 0 radical (unpaired) electrons. The summed E-state index contributed by atoms with van der Waals surface area (Å²) in [6.07, 6.45) is 11.3. The molecule has 0 unspecified atom stereocenters. The number of carbonyl (C=O) groups is 4. The number of Topliss-reactive ketones (excluding diaryl/α,β-unsaturated/α-hetero) is 1. The van der Waals surface area contributed by atoms with Crippen molar-refractivity contribution >= 4 is 23.7 Å². The van der Waals surface area contributed by atoms with E-state index in [1.165, 1.54) is 17.6 Å². The summed E-state index contributed by atoms with van der Waals surface area (Å²) in [7, 11) is 0. The molecule has 3 amide bonds. The lowest BCUT2D eigenvalue weighted by Crippen LogP contribution is -2.55. The first-order valence-corrected chi connectivity index (χ1v) is 20.1. The van der Waals surface area contributed by atoms with E-state index in [1.807, 2.05) is 30.3 Å². The molecule has 11 heteroatoms. The molecule has 1 saturated carbocycles. The second-order valence-corrected chi connectivity index (χ2v) is 16.8. The number of hydrogen-bond acceptors (Lipinski definition) is 7. The predicted octanol–water partition coefficient (Wildman–Crippen LogP) is 6.54. The monoisotopic (exact) mass is 735 g/mol. The number of H-pyrrole nitrogens is 1. The average molecular weight is 736 g/mol. The second-order valence-electron chi connectivity index (χ2n) is 16.8. The third-order valence-corrected chi connectivity index (χ3v) is 11.1. The van der Waals surface area contributed by atoms with Crippen LogP contribution in [-0.4, -0.2) is 80.0 Å². The molecule has 2 aliphatic rings. The molecular formula is C42H65N5O6. The van der Waals surface area contributed by atoms with Gasteiger partial charge in [0.2, 0.25) is 11.8 Å². The predicted molar refractivity (Wildman–Crippen MR) is 206 cm³/mol. The lowest BCUT2D eigenvalue weighted by molar-refractivity contribution is -0.134. The minimum Gasteiger partial charge on any atom is -0.444 e. The fraction of sp³-hybridized carbons (Fsp3) is 0.690. The SMILES string of the molecule is CC[C@@H](C[C@H](O)[C@H](CC1CCCCC1)NC(=O)[C@H](Cc1cnc[nH]1)NC(=O)[C@H](CC(=O)[C@@H]1CCCN1C(=O)OC(C)(C)C)Cc1ccccc1)C(C)C. The van der Waals surface area contributed by atoms with E-state index in [-0.39, 0.29) is 31.0 Å². The summed E-state index contributed by atoms with van der Waals surface area (Å²) in [5.41, 5.74) is 0.859. The molecule has 1 saturated heterocycles. The van der Waals surface area contributed by atoms with E-state index >= 15 is 0 Å². The highest BCUT2D eigenvalue weighted by Crippen LogP contribution is 2.30. The number of ketones is 1. The lowest BCUT2D eigenvalue weighted by Gasteiger charge is -2.33. The van der Waals surface area contributed by atoms with E-state index in [9.17, 15) is 24.3 Å². The Hall–Kier alpha value is -3.73. The first-order chi connectivity index (χ1) is 25.2. The van der Waals surface area contributed by atoms with E-state index in [4.69, 9.17) is 4.74 Å². The van der Waals surface area contributed by atoms with Crippen LogP contribution in [0.5, 0.6) is 0 Å². The molecule has 0 spiro atoms. The maximum absolute atomic E-state index is 14.3. The molecular weight excluding hydrogens is 670 g/mol. The maximum atomic E-state index is 14.3. The normalized spacial score (nSPS) is 19.6. The van der Waals surface area contributed by atoms with E-state index in [1.54, 1.807) is 27.0 Å². The number of rotatable bonds is 18. The third-order valence-electron chi connectivity index (χ3n) is 11.1. The number of aliphatic hydroxyl groups is 1. The first kappa shape index (κ1) is 42.0. The van der Waals surface area contributed by atoms with Gasteiger partial charge in [0.25, 0.3) is 0 Å². The van der Waals surface area contributed by atoms with Gasteiger partial charge in [-0.15, -0.1) is 0 Å². The summed E-state index contributed by atoms with van der Waals surface area (Å²) in [5.74, 6) is -0.647. The Balaban J connectivity index is 1.56. The summed E-state index contributed by atoms with van der Waals surface area (Å²) in [6, 6.07) is 7.40. The molecule has 1 aromatic heterocycles. The minimum absolute atomic E-state index is 0.0975. The molecule has 4 rings (SSSR count). The van der Waals surface area contributed by atoms with Crippen LogP contribution in [-0.2, 0) is 32.0 Å². The molecule has 6 atom stereocenters. The van der Waals surface area contributed by atoms with Gasteiger partial charge in [0, 0.05) is 37.2 Å². The molecule has 2 aromatic rings. The molecule has 294 valence electrons. The highest BCUT2D eigenvalue weighted by Gasteiger charge is 2.39.